The van der Waals surface area contributed by atoms with Gasteiger partial charge in [0.05, 0.1) is 5.69 Å². The van der Waals surface area contributed by atoms with Gasteiger partial charge in [0.15, 0.2) is 0 Å². The van der Waals surface area contributed by atoms with Crippen molar-refractivity contribution in [2.24, 2.45) is 0 Å². The second kappa shape index (κ2) is 11.0. The quantitative estimate of drug-likeness (QED) is 0.492. The van der Waals surface area contributed by atoms with Gasteiger partial charge in [0.2, 0.25) is 5.91 Å². The van der Waals surface area contributed by atoms with Crippen LogP contribution in [0.25, 0.3) is 16.8 Å². The van der Waals surface area contributed by atoms with Crippen molar-refractivity contribution in [3.63, 3.8) is 0 Å². The number of nitrogens with one attached hydrogen (secondary N) is 1. The molecule has 3 aromatic rings. The lowest BCUT2D eigenvalue weighted by molar-refractivity contribution is -0.121. The van der Waals surface area contributed by atoms with E-state index >= 15 is 0 Å². The molecule has 1 N–H and O–H groups in total. The first kappa shape index (κ1) is 24.1. The molecule has 0 saturated carbocycles. The average Bonchev–Trinajstić information content (AvgIpc) is 3.32. The normalized spacial score (nSPS) is 16.7. The Labute approximate surface area is 201 Å². The highest BCUT2D eigenvalue weighted by Crippen LogP contribution is 2.20. The third kappa shape index (κ3) is 5.38. The summed E-state index contributed by atoms with van der Waals surface area (Å²) in [6.45, 7) is 8.82. The Hall–Kier alpha value is -3.00. The van der Waals surface area contributed by atoms with Crippen LogP contribution in [0, 0.1) is 6.92 Å². The van der Waals surface area contributed by atoms with Crippen LogP contribution in [0.2, 0.25) is 0 Å². The van der Waals surface area contributed by atoms with Gasteiger partial charge >= 0.3 is 0 Å². The predicted molar refractivity (Wildman–Crippen MR) is 134 cm³/mol. The summed E-state index contributed by atoms with van der Waals surface area (Å²) in [5.74, 6) is 0.369. The van der Waals surface area contributed by atoms with Crippen LogP contribution in [0.15, 0.2) is 35.1 Å². The molecule has 3 heterocycles. The minimum atomic E-state index is -0.316. The molecule has 0 spiro atoms. The van der Waals surface area contributed by atoms with Crippen molar-refractivity contribution in [2.45, 2.75) is 71.9 Å². The summed E-state index contributed by atoms with van der Waals surface area (Å²) in [6, 6.07) is 10.6. The number of aromatic nitrogens is 4. The summed E-state index contributed by atoms with van der Waals surface area (Å²) in [5.41, 5.74) is 3.02. The number of fused-ring (bicyclic) bond motifs is 1. The molecule has 34 heavy (non-hydrogen) atoms. The monoisotopic (exact) mass is 464 g/mol. The van der Waals surface area contributed by atoms with Gasteiger partial charge in [0, 0.05) is 24.7 Å². The van der Waals surface area contributed by atoms with Crippen LogP contribution in [0.4, 0.5) is 0 Å². The number of likely N-dealkylation sites (tertiary alicyclic amines) is 1. The molecule has 0 bridgehead atoms. The Bertz CT molecular complexity index is 1180. The first-order valence-corrected chi connectivity index (χ1v) is 12.6. The maximum Gasteiger partial charge on any atom is 0.293 e. The summed E-state index contributed by atoms with van der Waals surface area (Å²) in [7, 11) is 0. The Morgan fingerprint density at radius 1 is 1.15 bits per heavy atom. The second-order valence-corrected chi connectivity index (χ2v) is 9.18. The van der Waals surface area contributed by atoms with E-state index in [1.807, 2.05) is 12.1 Å². The summed E-state index contributed by atoms with van der Waals surface area (Å²) in [4.78, 5) is 28.1. The second-order valence-electron chi connectivity index (χ2n) is 9.18. The largest absolute Gasteiger partial charge is 0.354 e. The maximum atomic E-state index is 13.0. The van der Waals surface area contributed by atoms with Gasteiger partial charge < -0.3 is 10.2 Å². The number of amides is 1. The predicted octanol–water partition coefficient (Wildman–Crippen LogP) is 3.20. The molecule has 0 aliphatic carbocycles. The Kier molecular flexibility index (Phi) is 7.77. The van der Waals surface area contributed by atoms with E-state index in [-0.39, 0.29) is 18.0 Å². The number of nitrogens with zero attached hydrogens (tertiary/aromatic N) is 5. The van der Waals surface area contributed by atoms with Gasteiger partial charge in [-0.05, 0) is 57.2 Å². The van der Waals surface area contributed by atoms with Crippen molar-refractivity contribution >= 4 is 11.4 Å². The Morgan fingerprint density at radius 3 is 2.68 bits per heavy atom. The first-order chi connectivity index (χ1) is 16.5. The summed E-state index contributed by atoms with van der Waals surface area (Å²) in [5, 5.41) is 11.9. The number of benzene rings is 1. The average molecular weight is 465 g/mol. The molecule has 1 aliphatic heterocycles. The Morgan fingerprint density at radius 2 is 1.94 bits per heavy atom. The van der Waals surface area contributed by atoms with Gasteiger partial charge in [0.1, 0.15) is 17.9 Å². The van der Waals surface area contributed by atoms with Gasteiger partial charge in [-0.25, -0.2) is 9.20 Å². The minimum absolute atomic E-state index is 0.0941. The number of carbonyl (C=O) groups excluding carboxylic acids is 1. The fraction of sp³-hybridized carbons (Fsp3) is 0.538. The summed E-state index contributed by atoms with van der Waals surface area (Å²) >= 11 is 0. The number of hydrogen-bond donors (Lipinski definition) is 1. The van der Waals surface area contributed by atoms with Crippen LogP contribution in [0.1, 0.15) is 57.3 Å². The SMILES string of the molecule is CCc1ccc(-c2cc3c(=O)n(CC(=O)NCCCN4CCCCC4CC)nc(C)n3n2)cc1. The molecule has 1 saturated heterocycles. The lowest BCUT2D eigenvalue weighted by Crippen LogP contribution is -2.41. The van der Waals surface area contributed by atoms with Crippen LogP contribution < -0.4 is 10.9 Å². The molecule has 0 radical (unpaired) electrons. The van der Waals surface area contributed by atoms with Gasteiger partial charge in [-0.1, -0.05) is 44.5 Å². The highest BCUT2D eigenvalue weighted by molar-refractivity contribution is 5.75. The van der Waals surface area contributed by atoms with Gasteiger partial charge in [0.25, 0.3) is 5.56 Å². The summed E-state index contributed by atoms with van der Waals surface area (Å²) < 4.78 is 2.80. The molecule has 2 aromatic heterocycles. The van der Waals surface area contributed by atoms with Crippen molar-refractivity contribution in [1.29, 1.82) is 0 Å². The van der Waals surface area contributed by atoms with Crippen LogP contribution in [-0.2, 0) is 17.8 Å². The molecule has 1 fully saturated rings. The zero-order valence-corrected chi connectivity index (χ0v) is 20.6. The fourth-order valence-corrected chi connectivity index (χ4v) is 4.85. The van der Waals surface area contributed by atoms with E-state index in [0.717, 1.165) is 37.2 Å². The van der Waals surface area contributed by atoms with E-state index in [1.165, 1.54) is 35.9 Å². The lowest BCUT2D eigenvalue weighted by atomic mass is 10.00. The summed E-state index contributed by atoms with van der Waals surface area (Å²) in [6.07, 6.45) is 6.92. The van der Waals surface area contributed by atoms with Crippen molar-refractivity contribution in [3.8, 4) is 11.3 Å². The van der Waals surface area contributed by atoms with Crippen LogP contribution in [-0.4, -0.2) is 55.9 Å². The fourth-order valence-electron chi connectivity index (χ4n) is 4.85. The molecular formula is C26H36N6O2. The number of carbonyl (C=O) groups is 1. The van der Waals surface area contributed by atoms with Crippen molar-refractivity contribution in [1.82, 2.24) is 29.6 Å². The zero-order chi connectivity index (χ0) is 24.1. The van der Waals surface area contributed by atoms with Crippen LogP contribution >= 0.6 is 0 Å². The lowest BCUT2D eigenvalue weighted by Gasteiger charge is -2.35. The smallest absolute Gasteiger partial charge is 0.293 e. The standard InChI is InChI=1S/C26H36N6O2/c1-4-20-10-12-21(13-11-20)23-17-24-26(34)31(28-19(3)32(24)29-23)18-25(33)27-14-8-16-30-15-7-6-9-22(30)5-2/h10-13,17,22H,4-9,14-16,18H2,1-3H3,(H,27,33). The topological polar surface area (TPSA) is 84.5 Å². The molecule has 8 heteroatoms. The first-order valence-electron chi connectivity index (χ1n) is 12.6. The molecular weight excluding hydrogens is 428 g/mol. The Balaban J connectivity index is 1.39. The molecule has 1 aliphatic rings. The van der Waals surface area contributed by atoms with Gasteiger partial charge in [-0.15, -0.1) is 0 Å². The van der Waals surface area contributed by atoms with E-state index < -0.39 is 0 Å². The molecule has 1 unspecified atom stereocenters. The van der Waals surface area contributed by atoms with Crippen molar-refractivity contribution in [2.75, 3.05) is 19.6 Å². The maximum absolute atomic E-state index is 13.0. The van der Waals surface area contributed by atoms with E-state index in [1.54, 1.807) is 17.5 Å². The third-order valence-corrected chi connectivity index (χ3v) is 6.85. The van der Waals surface area contributed by atoms with Crippen molar-refractivity contribution in [3.05, 3.63) is 52.1 Å². The number of rotatable bonds is 9. The van der Waals surface area contributed by atoms with Crippen molar-refractivity contribution < 1.29 is 4.79 Å². The highest BCUT2D eigenvalue weighted by atomic mass is 16.2. The van der Waals surface area contributed by atoms with E-state index in [2.05, 4.69) is 46.4 Å². The van der Waals surface area contributed by atoms with Gasteiger partial charge in [-0.2, -0.15) is 10.2 Å². The number of hydrogen-bond acceptors (Lipinski definition) is 5. The number of piperidine rings is 1. The molecule has 1 aromatic carbocycles. The molecule has 182 valence electrons. The molecule has 1 atom stereocenters. The highest BCUT2D eigenvalue weighted by Gasteiger charge is 2.20. The minimum Gasteiger partial charge on any atom is -0.354 e. The molecule has 8 nitrogen and oxygen atoms in total. The molecule has 4 rings (SSSR count). The van der Waals surface area contributed by atoms with Crippen LogP contribution in [0.5, 0.6) is 0 Å². The molecule has 1 amide bonds. The number of aryl methyl sites for hydroxylation is 2. The van der Waals surface area contributed by atoms with Crippen LogP contribution in [0.3, 0.4) is 0 Å². The zero-order valence-electron chi connectivity index (χ0n) is 20.6. The third-order valence-electron chi connectivity index (χ3n) is 6.85. The van der Waals surface area contributed by atoms with E-state index in [9.17, 15) is 9.59 Å². The van der Waals surface area contributed by atoms with E-state index in [4.69, 9.17) is 0 Å². The van der Waals surface area contributed by atoms with E-state index in [0.29, 0.717) is 23.9 Å². The van der Waals surface area contributed by atoms with Gasteiger partial charge in [-0.3, -0.25) is 9.59 Å².